The van der Waals surface area contributed by atoms with Gasteiger partial charge >= 0.3 is 0 Å². The van der Waals surface area contributed by atoms with Gasteiger partial charge in [-0.2, -0.15) is 0 Å². The number of hydrogen-bond donors (Lipinski definition) is 4. The highest BCUT2D eigenvalue weighted by molar-refractivity contribution is 5.73. The average molecular weight is 1430 g/mol. The Kier molecular flexibility index (Phi) is 20.8. The number of para-hydroxylation sites is 6. The number of benzene rings is 12. The number of hydrogen-bond acceptors (Lipinski definition) is 8. The van der Waals surface area contributed by atoms with Gasteiger partial charge in [0, 0.05) is 51.4 Å². The molecule has 12 aromatic carbocycles. The first-order valence-electron chi connectivity index (χ1n) is 38.2. The summed E-state index contributed by atoms with van der Waals surface area (Å²) in [6, 6.07) is 79.9. The summed E-state index contributed by atoms with van der Waals surface area (Å²) in [5, 5.41) is 51.6. The minimum absolute atomic E-state index is 0.00593. The first-order chi connectivity index (χ1) is 51.6. The van der Waals surface area contributed by atoms with E-state index >= 15 is 0 Å². The zero-order valence-corrected chi connectivity index (χ0v) is 64.8. The van der Waals surface area contributed by atoms with Crippen molar-refractivity contribution in [2.45, 2.75) is 183 Å². The fourth-order valence-corrected chi connectivity index (χ4v) is 15.3. The van der Waals surface area contributed by atoms with Gasteiger partial charge < -0.3 is 39.4 Å². The molecule has 4 N–H and O–H groups in total. The molecule has 0 spiro atoms. The lowest BCUT2D eigenvalue weighted by atomic mass is 9.86. The van der Waals surface area contributed by atoms with Crippen molar-refractivity contribution < 1.29 is 39.4 Å². The van der Waals surface area contributed by atoms with E-state index in [0.29, 0.717) is 50.4 Å². The lowest BCUT2D eigenvalue weighted by molar-refractivity contribution is 0.300. The van der Waals surface area contributed by atoms with Crippen molar-refractivity contribution in [2.24, 2.45) is 0 Å². The Morgan fingerprint density at radius 2 is 0.370 bits per heavy atom. The molecule has 0 radical (unpaired) electrons. The normalized spacial score (nSPS) is 13.2. The van der Waals surface area contributed by atoms with Crippen LogP contribution in [-0.4, -0.2) is 20.4 Å². The van der Waals surface area contributed by atoms with Crippen molar-refractivity contribution in [3.63, 3.8) is 0 Å². The molecule has 8 nitrogen and oxygen atoms in total. The highest BCUT2D eigenvalue weighted by Crippen LogP contribution is 2.46. The summed E-state index contributed by atoms with van der Waals surface area (Å²) < 4.78 is 28.5. The summed E-state index contributed by atoms with van der Waals surface area (Å²) in [6.07, 6.45) is 2.67. The van der Waals surface area contributed by atoms with Gasteiger partial charge in [0.05, 0.1) is 0 Å². The highest BCUT2D eigenvalue weighted by atomic mass is 16.5. The number of fused-ring (bicyclic) bond motifs is 16. The third-order valence-electron chi connectivity index (χ3n) is 21.8. The monoisotopic (exact) mass is 1430 g/mol. The maximum atomic E-state index is 12.9. The van der Waals surface area contributed by atoms with Crippen molar-refractivity contribution in [1.29, 1.82) is 0 Å². The Hall–Kier alpha value is -11.0. The molecule has 0 saturated heterocycles. The zero-order valence-electron chi connectivity index (χ0n) is 64.8. The van der Waals surface area contributed by atoms with E-state index < -0.39 is 0 Å². The molecule has 0 saturated carbocycles. The fourth-order valence-electron chi connectivity index (χ4n) is 15.3. The summed E-state index contributed by atoms with van der Waals surface area (Å²) in [6.45, 7) is 27.8. The largest absolute Gasteiger partial charge is 0.507 e. The third-order valence-corrected chi connectivity index (χ3v) is 21.8. The molecule has 550 valence electrons. The van der Waals surface area contributed by atoms with Crippen LogP contribution in [0.2, 0.25) is 0 Å². The van der Waals surface area contributed by atoms with Crippen molar-refractivity contribution >= 4 is 0 Å². The SMILES string of the molecule is CC(C)(C)c1ccc(COc2c3cccc2Cc2cccc(c2O)Cc2cc(-c4cc5c(OCc6ccc(C(C)(C)C)cc6)c(c4)Cc4cccc(c4O)Cc4cccc(c4OCc4ccc(C(C)(C)C)cc4)Cc4cccc(c4O)C5)cc(c2OCc2ccc(C(C)(C)C)cc2)Cc2cccc(c2O)C3)cc1. The second-order valence-electron chi connectivity index (χ2n) is 34.1. The van der Waals surface area contributed by atoms with E-state index in [1.54, 1.807) is 0 Å². The van der Waals surface area contributed by atoms with Gasteiger partial charge in [0.1, 0.15) is 72.4 Å². The van der Waals surface area contributed by atoms with Gasteiger partial charge in [-0.25, -0.2) is 0 Å². The minimum atomic E-state index is -0.0448. The maximum Gasteiger partial charge on any atom is 0.126 e. The van der Waals surface area contributed by atoms with E-state index in [0.717, 1.165) is 134 Å². The minimum Gasteiger partial charge on any atom is -0.507 e. The number of ether oxygens (including phenoxy) is 4. The number of aromatic hydroxyl groups is 4. The van der Waals surface area contributed by atoms with Crippen LogP contribution in [0.5, 0.6) is 46.0 Å². The Morgan fingerprint density at radius 3 is 0.546 bits per heavy atom. The van der Waals surface area contributed by atoms with Crippen LogP contribution < -0.4 is 18.9 Å². The first-order valence-corrected chi connectivity index (χ1v) is 38.2. The van der Waals surface area contributed by atoms with Crippen LogP contribution in [0.25, 0.3) is 11.1 Å². The topological polar surface area (TPSA) is 118 Å². The van der Waals surface area contributed by atoms with Crippen LogP contribution in [0.1, 0.15) is 217 Å². The molecule has 2 aliphatic rings. The Labute approximate surface area is 639 Å². The van der Waals surface area contributed by atoms with Crippen molar-refractivity contribution in [2.75, 3.05) is 0 Å². The molecule has 16 bridgehead atoms. The average Bonchev–Trinajstić information content (AvgIpc) is 0.767. The number of phenolic OH excluding ortho intramolecular Hbond substituents is 4. The molecule has 0 amide bonds. The van der Waals surface area contributed by atoms with Gasteiger partial charge in [0.15, 0.2) is 0 Å². The molecule has 2 aliphatic carbocycles. The number of rotatable bonds is 13. The van der Waals surface area contributed by atoms with E-state index in [1.165, 1.54) is 22.3 Å². The molecular weight excluding hydrogens is 1330 g/mol. The Bertz CT molecular complexity index is 4740. The second kappa shape index (κ2) is 30.4. The van der Waals surface area contributed by atoms with Crippen LogP contribution >= 0.6 is 0 Å². The Morgan fingerprint density at radius 1 is 0.213 bits per heavy atom. The summed E-state index contributed by atoms with van der Waals surface area (Å²) >= 11 is 0. The Balaban J connectivity index is 0.931. The van der Waals surface area contributed by atoms with Gasteiger partial charge in [-0.1, -0.05) is 289 Å². The summed E-state index contributed by atoms with van der Waals surface area (Å²) in [5.41, 5.74) is 23.6. The van der Waals surface area contributed by atoms with E-state index in [9.17, 15) is 20.4 Å². The molecule has 0 unspecified atom stereocenters. The van der Waals surface area contributed by atoms with Gasteiger partial charge in [-0.05, 0) is 191 Å². The van der Waals surface area contributed by atoms with Crippen molar-refractivity contribution in [3.8, 4) is 57.1 Å². The maximum absolute atomic E-state index is 12.9. The smallest absolute Gasteiger partial charge is 0.126 e. The molecule has 0 atom stereocenters. The number of phenols is 4. The molecular formula is C100H102O8. The van der Waals surface area contributed by atoms with Gasteiger partial charge in [0.2, 0.25) is 0 Å². The van der Waals surface area contributed by atoms with Crippen LogP contribution in [0.15, 0.2) is 231 Å². The van der Waals surface area contributed by atoms with Crippen molar-refractivity contribution in [1.82, 2.24) is 0 Å². The zero-order chi connectivity index (χ0) is 75.8. The highest BCUT2D eigenvalue weighted by Gasteiger charge is 2.28. The first kappa shape index (κ1) is 73.9. The third kappa shape index (κ3) is 16.6. The molecule has 12 aromatic rings. The summed E-state index contributed by atoms with van der Waals surface area (Å²) in [7, 11) is 0. The van der Waals surface area contributed by atoms with Crippen LogP contribution in [0.4, 0.5) is 0 Å². The lowest BCUT2D eigenvalue weighted by Crippen LogP contribution is -2.11. The fraction of sp³-hybridized carbons (Fsp3) is 0.280. The summed E-state index contributed by atoms with van der Waals surface area (Å²) in [5.74, 6) is 3.55. The van der Waals surface area contributed by atoms with E-state index in [4.69, 9.17) is 18.9 Å². The van der Waals surface area contributed by atoms with E-state index in [-0.39, 0.29) is 83.6 Å². The van der Waals surface area contributed by atoms with E-state index in [1.807, 2.05) is 84.9 Å². The van der Waals surface area contributed by atoms with Crippen LogP contribution in [-0.2, 0) is 99.5 Å². The molecule has 8 heteroatoms. The molecule has 108 heavy (non-hydrogen) atoms. The standard InChI is InChI=1S/C100H102O8/c1-97(2,3)85-39-31-63(32-40-85)59-105-93-75-27-17-28-76(93)48-68-20-14-24-72(90(68)102)52-82-56-79(55-81(51-71-23-13-19-67(47-75)89(71)101)95(82)107-61-65-35-43-87(44-36-65)99(7,8)9)80-57-83-53-73-25-15-21-69(91(73)103)49-77-29-18-30-78(94(77)106-60-64-33-41-86(42-34-64)98(4,5)6)50-70-22-16-26-74(92(70)104)54-84(58-80)96(83)108-62-66-37-45-88(46-38-66)100(10,11)12/h13-46,55-58,101-104H,47-54,59-62H2,1-12H3. The van der Waals surface area contributed by atoms with Gasteiger partial charge in [0.25, 0.3) is 0 Å². The molecule has 14 rings (SSSR count). The van der Waals surface area contributed by atoms with Crippen LogP contribution in [0, 0.1) is 0 Å². The van der Waals surface area contributed by atoms with Gasteiger partial charge in [-0.3, -0.25) is 0 Å². The molecule has 0 aromatic heterocycles. The molecule has 0 heterocycles. The summed E-state index contributed by atoms with van der Waals surface area (Å²) in [4.78, 5) is 0. The lowest BCUT2D eigenvalue weighted by Gasteiger charge is -2.23. The van der Waals surface area contributed by atoms with Crippen molar-refractivity contribution in [3.05, 3.63) is 364 Å². The molecule has 0 fully saturated rings. The predicted molar refractivity (Wildman–Crippen MR) is 438 cm³/mol. The van der Waals surface area contributed by atoms with Crippen LogP contribution in [0.3, 0.4) is 0 Å². The molecule has 0 aliphatic heterocycles. The predicted octanol–water partition coefficient (Wildman–Crippen LogP) is 23.0. The second-order valence-corrected chi connectivity index (χ2v) is 34.1. The van der Waals surface area contributed by atoms with Gasteiger partial charge in [-0.15, -0.1) is 0 Å². The quantitative estimate of drug-likeness (QED) is 0.0902. The van der Waals surface area contributed by atoms with E-state index in [2.05, 4.69) is 229 Å².